The molecule has 0 aromatic heterocycles. The number of nitrogens with one attached hydrogen (secondary N) is 1. The Morgan fingerprint density at radius 1 is 1.00 bits per heavy atom. The molecule has 2 aromatic carbocycles. The topological polar surface area (TPSA) is 111 Å². The van der Waals surface area contributed by atoms with Crippen molar-refractivity contribution in [3.8, 4) is 5.75 Å². The summed E-state index contributed by atoms with van der Waals surface area (Å²) in [6.07, 6.45) is 2.11. The molecule has 3 rings (SSSR count). The first-order valence-corrected chi connectivity index (χ1v) is 13.4. The highest BCUT2D eigenvalue weighted by Crippen LogP contribution is 2.31. The van der Waals surface area contributed by atoms with Crippen molar-refractivity contribution in [3.05, 3.63) is 93.9 Å². The summed E-state index contributed by atoms with van der Waals surface area (Å²) in [5.41, 5.74) is 1.01. The summed E-state index contributed by atoms with van der Waals surface area (Å²) in [4.78, 5) is 1.26. The van der Waals surface area contributed by atoms with Crippen LogP contribution in [0.5, 0.6) is 5.75 Å². The minimum atomic E-state index is -5.10. The molecule has 1 aliphatic heterocycles. The van der Waals surface area contributed by atoms with Gasteiger partial charge in [0, 0.05) is 12.0 Å². The lowest BCUT2D eigenvalue weighted by Gasteiger charge is -2.20. The molecule has 0 aliphatic carbocycles. The van der Waals surface area contributed by atoms with E-state index in [1.165, 1.54) is 18.2 Å². The van der Waals surface area contributed by atoms with Gasteiger partial charge >= 0.3 is 10.1 Å². The van der Waals surface area contributed by atoms with E-state index in [2.05, 4.69) is 20.7 Å². The van der Waals surface area contributed by atoms with Crippen LogP contribution >= 0.6 is 0 Å². The fourth-order valence-corrected chi connectivity index (χ4v) is 4.62. The average molecular weight is 579 g/mol. The van der Waals surface area contributed by atoms with Crippen LogP contribution in [0.15, 0.2) is 69.2 Å². The van der Waals surface area contributed by atoms with Crippen molar-refractivity contribution in [1.29, 1.82) is 0 Å². The summed E-state index contributed by atoms with van der Waals surface area (Å²) in [6.45, 7) is 6.16. The third kappa shape index (κ3) is 5.88. The molecule has 0 atom stereocenters. The van der Waals surface area contributed by atoms with Gasteiger partial charge in [-0.05, 0) is 32.1 Å². The summed E-state index contributed by atoms with van der Waals surface area (Å²) < 4.78 is 128. The van der Waals surface area contributed by atoms with Gasteiger partial charge in [-0.2, -0.15) is 35.5 Å². The largest absolute Gasteiger partial charge is 0.492 e. The minimum absolute atomic E-state index is 0.0593. The zero-order valence-electron chi connectivity index (χ0n) is 19.7. The first-order valence-electron chi connectivity index (χ1n) is 10.5. The number of ether oxygens (including phenoxy) is 1. The van der Waals surface area contributed by atoms with Crippen molar-refractivity contribution < 1.29 is 47.7 Å². The Labute approximate surface area is 214 Å². The number of nitrogens with zero attached hydrogens (tertiary/aromatic N) is 1. The second kappa shape index (κ2) is 10.9. The molecule has 0 saturated carbocycles. The smallest absolute Gasteiger partial charge is 0.335 e. The van der Waals surface area contributed by atoms with Crippen LogP contribution in [0.4, 0.5) is 22.0 Å². The summed E-state index contributed by atoms with van der Waals surface area (Å²) in [5, 5.41) is 3.89. The highest BCUT2D eigenvalue weighted by molar-refractivity contribution is 7.91. The molecule has 0 radical (unpaired) electrons. The van der Waals surface area contributed by atoms with E-state index in [0.717, 1.165) is 18.6 Å². The van der Waals surface area contributed by atoms with E-state index in [1.54, 1.807) is 19.1 Å². The summed E-state index contributed by atoms with van der Waals surface area (Å²) in [7, 11) is -9.15. The number of rotatable bonds is 8. The molecule has 38 heavy (non-hydrogen) atoms. The SMILES string of the molecule is C=CC1=C(/C=C(\C)S(=O)(=O)Oc2c(F)c(F)c(F)c(F)c2F)OCC/C1=N\NS(=O)(=O)c1ccc(C)cc1. The van der Waals surface area contributed by atoms with Gasteiger partial charge in [-0.3, -0.25) is 0 Å². The fraction of sp³-hybridized carbons (Fsp3) is 0.174. The number of aryl methyl sites for hydroxylation is 1. The van der Waals surface area contributed by atoms with Crippen LogP contribution in [-0.2, 0) is 24.9 Å². The van der Waals surface area contributed by atoms with Crippen molar-refractivity contribution in [2.24, 2.45) is 5.10 Å². The summed E-state index contributed by atoms with van der Waals surface area (Å²) in [6, 6.07) is 5.93. The molecule has 15 heteroatoms. The van der Waals surface area contributed by atoms with E-state index < -0.39 is 59.9 Å². The Hall–Kier alpha value is -3.72. The molecule has 1 aliphatic rings. The van der Waals surface area contributed by atoms with Crippen LogP contribution in [0.1, 0.15) is 18.9 Å². The molecule has 0 fully saturated rings. The molecule has 0 spiro atoms. The van der Waals surface area contributed by atoms with Crippen molar-refractivity contribution in [1.82, 2.24) is 4.83 Å². The maximum atomic E-state index is 13.9. The van der Waals surface area contributed by atoms with Crippen LogP contribution in [0, 0.1) is 36.0 Å². The summed E-state index contributed by atoms with van der Waals surface area (Å²) in [5.74, 6) is -14.4. The Morgan fingerprint density at radius 3 is 2.11 bits per heavy atom. The molecule has 1 heterocycles. The number of hydrazone groups is 1. The highest BCUT2D eigenvalue weighted by Gasteiger charge is 2.31. The second-order valence-electron chi connectivity index (χ2n) is 7.74. The second-order valence-corrected chi connectivity index (χ2v) is 11.1. The third-order valence-electron chi connectivity index (χ3n) is 5.10. The number of hydrogen-bond acceptors (Lipinski definition) is 7. The molecule has 0 unspecified atom stereocenters. The first kappa shape index (κ1) is 28.8. The van der Waals surface area contributed by atoms with E-state index in [0.29, 0.717) is 0 Å². The normalized spacial score (nSPS) is 15.9. The van der Waals surface area contributed by atoms with Gasteiger partial charge in [0.1, 0.15) is 5.76 Å². The molecule has 0 saturated heterocycles. The molecule has 2 aromatic rings. The van der Waals surface area contributed by atoms with Crippen molar-refractivity contribution in [2.45, 2.75) is 25.2 Å². The van der Waals surface area contributed by atoms with Gasteiger partial charge in [0.15, 0.2) is 0 Å². The summed E-state index contributed by atoms with van der Waals surface area (Å²) >= 11 is 0. The third-order valence-corrected chi connectivity index (χ3v) is 7.62. The average Bonchev–Trinajstić information content (AvgIpc) is 2.88. The molecule has 0 bridgehead atoms. The number of halogens is 5. The number of benzene rings is 2. The van der Waals surface area contributed by atoms with E-state index in [1.807, 2.05) is 0 Å². The lowest BCUT2D eigenvalue weighted by atomic mass is 10.0. The van der Waals surface area contributed by atoms with Crippen LogP contribution in [0.3, 0.4) is 0 Å². The van der Waals surface area contributed by atoms with Crippen molar-refractivity contribution in [3.63, 3.8) is 0 Å². The van der Waals surface area contributed by atoms with Crippen molar-refractivity contribution >= 4 is 25.9 Å². The van der Waals surface area contributed by atoms with Gasteiger partial charge in [0.25, 0.3) is 10.0 Å². The molecule has 204 valence electrons. The maximum Gasteiger partial charge on any atom is 0.335 e. The van der Waals surface area contributed by atoms with Crippen LogP contribution in [0.25, 0.3) is 0 Å². The van der Waals surface area contributed by atoms with Gasteiger partial charge < -0.3 is 8.92 Å². The molecular formula is C23H19F5N2O6S2. The zero-order valence-corrected chi connectivity index (χ0v) is 21.3. The quantitative estimate of drug-likeness (QED) is 0.162. The van der Waals surface area contributed by atoms with Crippen LogP contribution < -0.4 is 9.01 Å². The fourth-order valence-electron chi connectivity index (χ4n) is 3.04. The molecule has 8 nitrogen and oxygen atoms in total. The van der Waals surface area contributed by atoms with Gasteiger partial charge in [-0.15, -0.1) is 0 Å². The Morgan fingerprint density at radius 2 is 1.55 bits per heavy atom. The van der Waals surface area contributed by atoms with Crippen LogP contribution in [-0.4, -0.2) is 29.2 Å². The van der Waals surface area contributed by atoms with E-state index in [-0.39, 0.29) is 35.0 Å². The number of hydrogen-bond donors (Lipinski definition) is 1. The molecular weight excluding hydrogens is 559 g/mol. The minimum Gasteiger partial charge on any atom is -0.492 e. The van der Waals surface area contributed by atoms with Crippen molar-refractivity contribution in [2.75, 3.05) is 6.61 Å². The van der Waals surface area contributed by atoms with Crippen LogP contribution in [0.2, 0.25) is 0 Å². The monoisotopic (exact) mass is 578 g/mol. The Bertz CT molecular complexity index is 1570. The molecule has 0 amide bonds. The van der Waals surface area contributed by atoms with E-state index in [4.69, 9.17) is 4.74 Å². The standard InChI is InChI=1S/C23H19F5N2O6S2/c1-4-15-16(29-30-37(31,32)14-7-5-12(2)6-8-14)9-10-35-17(15)11-13(3)38(33,34)36-23-21(27)19(25)18(24)20(26)22(23)28/h4-8,11,30H,1,9-10H2,2-3H3/b13-11+,29-16+. The predicted molar refractivity (Wildman–Crippen MR) is 126 cm³/mol. The van der Waals surface area contributed by atoms with Gasteiger partial charge in [0.05, 0.1) is 22.1 Å². The Balaban J connectivity index is 1.95. The van der Waals surface area contributed by atoms with Gasteiger partial charge in [-0.25, -0.2) is 13.2 Å². The number of allylic oxidation sites excluding steroid dienone is 4. The Kier molecular flexibility index (Phi) is 8.31. The lowest BCUT2D eigenvalue weighted by molar-refractivity contribution is 0.225. The molecule has 1 N–H and O–H groups in total. The number of sulfonamides is 1. The lowest BCUT2D eigenvalue weighted by Crippen LogP contribution is -2.24. The van der Waals surface area contributed by atoms with E-state index >= 15 is 0 Å². The van der Waals surface area contributed by atoms with E-state index in [9.17, 15) is 38.8 Å². The highest BCUT2D eigenvalue weighted by atomic mass is 32.2. The maximum absolute atomic E-state index is 13.9. The first-order chi connectivity index (χ1) is 17.7. The zero-order chi connectivity index (χ0) is 28.4. The predicted octanol–water partition coefficient (Wildman–Crippen LogP) is 4.50. The van der Waals surface area contributed by atoms with Gasteiger partial charge in [0.2, 0.25) is 34.8 Å². The van der Waals surface area contributed by atoms with Gasteiger partial charge in [-0.1, -0.05) is 30.4 Å².